The van der Waals surface area contributed by atoms with Crippen molar-refractivity contribution in [2.45, 2.75) is 51.6 Å². The number of pyridine rings is 1. The van der Waals surface area contributed by atoms with Crippen molar-refractivity contribution >= 4 is 44.8 Å². The van der Waals surface area contributed by atoms with Crippen LogP contribution in [0, 0.1) is 0 Å². The van der Waals surface area contributed by atoms with Crippen LogP contribution in [0.1, 0.15) is 48.0 Å². The van der Waals surface area contributed by atoms with Crippen molar-refractivity contribution < 1.29 is 0 Å². The van der Waals surface area contributed by atoms with E-state index in [0.29, 0.717) is 10.9 Å². The minimum Gasteiger partial charge on any atom is -0.294 e. The molecular formula is C28H28Cl2N2S. The van der Waals surface area contributed by atoms with Crippen LogP contribution in [0.15, 0.2) is 54.6 Å². The predicted molar refractivity (Wildman–Crippen MR) is 143 cm³/mol. The number of fused-ring (bicyclic) bond motifs is 3. The number of alkyl halides is 1. The van der Waals surface area contributed by atoms with Crippen LogP contribution in [0.4, 0.5) is 0 Å². The smallest absolute Gasteiger partial charge is 0.124 e. The van der Waals surface area contributed by atoms with Gasteiger partial charge in [0.15, 0.2) is 0 Å². The van der Waals surface area contributed by atoms with Gasteiger partial charge in [0, 0.05) is 35.5 Å². The number of nitrogens with zero attached hydrogens (tertiary/aromatic N) is 2. The van der Waals surface area contributed by atoms with Gasteiger partial charge < -0.3 is 0 Å². The van der Waals surface area contributed by atoms with Gasteiger partial charge in [0.05, 0.1) is 16.6 Å². The van der Waals surface area contributed by atoms with E-state index in [0.717, 1.165) is 47.7 Å². The van der Waals surface area contributed by atoms with Crippen LogP contribution in [0.5, 0.6) is 0 Å². The molecule has 5 rings (SSSR count). The number of thiophene rings is 1. The number of rotatable bonds is 4. The summed E-state index contributed by atoms with van der Waals surface area (Å²) < 4.78 is 0. The van der Waals surface area contributed by atoms with Gasteiger partial charge in [-0.25, -0.2) is 4.98 Å². The third-order valence-corrected chi connectivity index (χ3v) is 8.26. The maximum absolute atomic E-state index is 6.93. The average Bonchev–Trinajstić information content (AvgIpc) is 3.16. The third kappa shape index (κ3) is 4.44. The van der Waals surface area contributed by atoms with Gasteiger partial charge in [0.1, 0.15) is 4.83 Å². The molecule has 1 aliphatic rings. The first kappa shape index (κ1) is 22.9. The molecule has 0 aliphatic carbocycles. The molecule has 5 heteroatoms. The fourth-order valence-electron chi connectivity index (χ4n) is 4.68. The Balaban J connectivity index is 1.58. The van der Waals surface area contributed by atoms with Gasteiger partial charge in [-0.15, -0.1) is 22.9 Å². The zero-order valence-corrected chi connectivity index (χ0v) is 21.6. The monoisotopic (exact) mass is 494 g/mol. The summed E-state index contributed by atoms with van der Waals surface area (Å²) >= 11 is 15.0. The summed E-state index contributed by atoms with van der Waals surface area (Å²) in [6.07, 6.45) is 1.01. The zero-order chi connectivity index (χ0) is 23.2. The number of aromatic nitrogens is 1. The number of benzene rings is 2. The predicted octanol–water partition coefficient (Wildman–Crippen LogP) is 8.21. The molecule has 0 amide bonds. The normalized spacial score (nSPS) is 14.6. The van der Waals surface area contributed by atoms with Crippen LogP contribution in [-0.2, 0) is 30.8 Å². The molecule has 3 heterocycles. The van der Waals surface area contributed by atoms with Crippen LogP contribution in [0.3, 0.4) is 0 Å². The molecule has 170 valence electrons. The van der Waals surface area contributed by atoms with E-state index in [2.05, 4.69) is 80.3 Å². The zero-order valence-electron chi connectivity index (χ0n) is 19.3. The number of hydrogen-bond acceptors (Lipinski definition) is 3. The Hall–Kier alpha value is -1.91. The average molecular weight is 496 g/mol. The van der Waals surface area contributed by atoms with Crippen LogP contribution in [0.25, 0.3) is 21.3 Å². The molecule has 0 radical (unpaired) electrons. The fourth-order valence-corrected chi connectivity index (χ4v) is 6.54. The summed E-state index contributed by atoms with van der Waals surface area (Å²) in [4.78, 5) is 9.86. The second-order valence-electron chi connectivity index (χ2n) is 9.84. The van der Waals surface area contributed by atoms with E-state index in [4.69, 9.17) is 28.2 Å². The summed E-state index contributed by atoms with van der Waals surface area (Å²) in [5.74, 6) is 0.310. The molecule has 2 nitrogen and oxygen atoms in total. The van der Waals surface area contributed by atoms with Crippen molar-refractivity contribution in [1.82, 2.24) is 9.88 Å². The second-order valence-corrected chi connectivity index (χ2v) is 11.6. The Morgan fingerprint density at radius 3 is 2.42 bits per heavy atom. The summed E-state index contributed by atoms with van der Waals surface area (Å²) in [5.41, 5.74) is 7.18. The minimum atomic E-state index is 0.112. The van der Waals surface area contributed by atoms with Crippen LogP contribution in [0.2, 0.25) is 5.02 Å². The van der Waals surface area contributed by atoms with E-state index in [1.807, 2.05) is 0 Å². The van der Waals surface area contributed by atoms with Gasteiger partial charge in [-0.1, -0.05) is 87.0 Å². The molecule has 0 saturated heterocycles. The van der Waals surface area contributed by atoms with E-state index in [1.165, 1.54) is 27.0 Å². The van der Waals surface area contributed by atoms with Gasteiger partial charge in [-0.05, 0) is 34.1 Å². The molecule has 1 aliphatic heterocycles. The summed E-state index contributed by atoms with van der Waals surface area (Å²) in [5, 5.41) is 1.91. The summed E-state index contributed by atoms with van der Waals surface area (Å²) in [6, 6.07) is 19.5. The Morgan fingerprint density at radius 1 is 1.03 bits per heavy atom. The number of halogens is 2. The molecule has 0 saturated carbocycles. The molecule has 0 fully saturated rings. The third-order valence-electron chi connectivity index (χ3n) is 6.49. The van der Waals surface area contributed by atoms with Crippen molar-refractivity contribution in [2.24, 2.45) is 0 Å². The lowest BCUT2D eigenvalue weighted by atomic mass is 9.86. The van der Waals surface area contributed by atoms with E-state index in [-0.39, 0.29) is 5.41 Å². The lowest BCUT2D eigenvalue weighted by Crippen LogP contribution is -2.29. The highest BCUT2D eigenvalue weighted by Crippen LogP contribution is 2.44. The molecule has 33 heavy (non-hydrogen) atoms. The molecule has 2 aromatic carbocycles. The molecule has 0 N–H and O–H groups in total. The Kier molecular flexibility index (Phi) is 6.26. The van der Waals surface area contributed by atoms with Gasteiger partial charge in [0.2, 0.25) is 0 Å². The van der Waals surface area contributed by atoms with Crippen LogP contribution < -0.4 is 0 Å². The van der Waals surface area contributed by atoms with E-state index < -0.39 is 0 Å². The van der Waals surface area contributed by atoms with Crippen molar-refractivity contribution in [1.29, 1.82) is 0 Å². The van der Waals surface area contributed by atoms with Crippen LogP contribution >= 0.6 is 34.5 Å². The van der Waals surface area contributed by atoms with Gasteiger partial charge in [-0.2, -0.15) is 0 Å². The standard InChI is InChI=1S/C28H28Cl2N2S/c1-28(2,3)20-11-9-19(10-12-20)24-25-21-13-14-32(16-18-7-5-4-6-8-18)17-23(21)33-27(25)31-22(15-29)26(24)30/h4-12H,13-17H2,1-3H3. The quantitative estimate of drug-likeness (QED) is 0.265. The highest BCUT2D eigenvalue weighted by molar-refractivity contribution is 7.19. The summed E-state index contributed by atoms with van der Waals surface area (Å²) in [7, 11) is 0. The maximum Gasteiger partial charge on any atom is 0.124 e. The lowest BCUT2D eigenvalue weighted by molar-refractivity contribution is 0.249. The first-order valence-corrected chi connectivity index (χ1v) is 13.1. The van der Waals surface area contributed by atoms with Crippen molar-refractivity contribution in [2.75, 3.05) is 6.54 Å². The molecular weight excluding hydrogens is 467 g/mol. The lowest BCUT2D eigenvalue weighted by Gasteiger charge is -2.27. The Morgan fingerprint density at radius 2 is 1.76 bits per heavy atom. The SMILES string of the molecule is CC(C)(C)c1ccc(-c2c(Cl)c(CCl)nc3sc4c(c23)CCN(Cc2ccccc2)C4)cc1. The highest BCUT2D eigenvalue weighted by atomic mass is 35.5. The first-order chi connectivity index (χ1) is 15.8. The van der Waals surface area contributed by atoms with Crippen molar-refractivity contribution in [3.8, 4) is 11.1 Å². The maximum atomic E-state index is 6.93. The van der Waals surface area contributed by atoms with Crippen molar-refractivity contribution in [3.63, 3.8) is 0 Å². The van der Waals surface area contributed by atoms with Crippen molar-refractivity contribution in [3.05, 3.63) is 86.9 Å². The summed E-state index contributed by atoms with van der Waals surface area (Å²) in [6.45, 7) is 9.66. The topological polar surface area (TPSA) is 16.1 Å². The fraction of sp³-hybridized carbons (Fsp3) is 0.321. The Bertz CT molecular complexity index is 1290. The van der Waals surface area contributed by atoms with E-state index in [9.17, 15) is 0 Å². The molecule has 0 bridgehead atoms. The molecule has 4 aromatic rings. The number of hydrogen-bond donors (Lipinski definition) is 0. The largest absolute Gasteiger partial charge is 0.294 e. The van der Waals surface area contributed by atoms with Gasteiger partial charge in [-0.3, -0.25) is 4.90 Å². The second kappa shape index (κ2) is 9.03. The molecule has 0 unspecified atom stereocenters. The van der Waals surface area contributed by atoms with Gasteiger partial charge >= 0.3 is 0 Å². The van der Waals surface area contributed by atoms with Gasteiger partial charge in [0.25, 0.3) is 0 Å². The van der Waals surface area contributed by atoms with E-state index in [1.54, 1.807) is 11.3 Å². The molecule has 0 atom stereocenters. The van der Waals surface area contributed by atoms with Crippen LogP contribution in [-0.4, -0.2) is 16.4 Å². The van der Waals surface area contributed by atoms with E-state index >= 15 is 0 Å². The molecule has 0 spiro atoms. The minimum absolute atomic E-state index is 0.112. The highest BCUT2D eigenvalue weighted by Gasteiger charge is 2.26. The first-order valence-electron chi connectivity index (χ1n) is 11.4. The molecule has 2 aromatic heterocycles. The Labute approximate surface area is 210 Å².